The minimum absolute atomic E-state index is 0.0352. The van der Waals surface area contributed by atoms with E-state index in [-0.39, 0.29) is 50.2 Å². The highest BCUT2D eigenvalue weighted by Gasteiger charge is 2.32. The molecule has 9 nitrogen and oxygen atoms in total. The van der Waals surface area contributed by atoms with E-state index in [1.165, 1.54) is 0 Å². The van der Waals surface area contributed by atoms with Gasteiger partial charge in [-0.05, 0) is 97.3 Å². The van der Waals surface area contributed by atoms with Gasteiger partial charge in [0.25, 0.3) is 0 Å². The topological polar surface area (TPSA) is 153 Å². The van der Waals surface area contributed by atoms with Crippen molar-refractivity contribution in [2.24, 2.45) is 22.2 Å². The number of aromatic nitrogens is 3. The molecule has 0 spiro atoms. The van der Waals surface area contributed by atoms with E-state index in [0.717, 1.165) is 65.8 Å². The highest BCUT2D eigenvalue weighted by molar-refractivity contribution is 8.00. The number of hydrogen-bond acceptors (Lipinski definition) is 6. The van der Waals surface area contributed by atoms with Crippen LogP contribution in [0.1, 0.15) is 90.1 Å². The SMILES string of the molecule is CC(C)(C)c1cc2cn(-c3ccc(CNCCCN=C(N)N)cc3)c(=O)nc2[nH]1.C[C@H](N)CCCc1cc(SC(F)(F)F)c(Cl)c(C(C)(C)C)c1. The average molecular weight is 749 g/mol. The number of aryl methyl sites for hydroxylation is 1. The lowest BCUT2D eigenvalue weighted by molar-refractivity contribution is -0.0328. The van der Waals surface area contributed by atoms with Crippen molar-refractivity contribution in [3.63, 3.8) is 0 Å². The van der Waals surface area contributed by atoms with Crippen molar-refractivity contribution >= 4 is 40.4 Å². The van der Waals surface area contributed by atoms with Crippen LogP contribution >= 0.6 is 23.4 Å². The van der Waals surface area contributed by atoms with E-state index < -0.39 is 5.51 Å². The number of H-pyrrole nitrogens is 1. The molecule has 0 radical (unpaired) electrons. The molecule has 4 rings (SSSR count). The van der Waals surface area contributed by atoms with E-state index in [0.29, 0.717) is 18.6 Å². The largest absolute Gasteiger partial charge is 0.446 e. The molecule has 2 heterocycles. The monoisotopic (exact) mass is 748 g/mol. The molecule has 1 atom stereocenters. The molecule has 14 heteroatoms. The molecule has 0 aliphatic rings. The third kappa shape index (κ3) is 13.5. The van der Waals surface area contributed by atoms with Crippen molar-refractivity contribution in [2.45, 2.75) is 108 Å². The first-order valence-electron chi connectivity index (χ1n) is 17.0. The Morgan fingerprint density at radius 2 is 1.69 bits per heavy atom. The van der Waals surface area contributed by atoms with Crippen molar-refractivity contribution in [3.05, 3.63) is 86.6 Å². The Bertz CT molecular complexity index is 1820. The Labute approximate surface area is 308 Å². The molecule has 0 unspecified atom stereocenters. The van der Waals surface area contributed by atoms with Gasteiger partial charge >= 0.3 is 11.2 Å². The molecule has 2 aromatic heterocycles. The number of rotatable bonds is 12. The van der Waals surface area contributed by atoms with Crippen LogP contribution in [0, 0.1) is 0 Å². The zero-order chi connectivity index (χ0) is 38.1. The first kappa shape index (κ1) is 41.9. The van der Waals surface area contributed by atoms with Crippen molar-refractivity contribution < 1.29 is 13.2 Å². The summed E-state index contributed by atoms with van der Waals surface area (Å²) in [5.41, 5.74) is 16.6. The highest BCUT2D eigenvalue weighted by Crippen LogP contribution is 2.44. The number of thioether (sulfide) groups is 1. The third-order valence-electron chi connectivity index (χ3n) is 7.92. The van der Waals surface area contributed by atoms with Gasteiger partial charge < -0.3 is 27.5 Å². The van der Waals surface area contributed by atoms with Gasteiger partial charge in [-0.25, -0.2) is 4.79 Å². The smallest absolute Gasteiger partial charge is 0.370 e. The molecular formula is C37H52ClF3N8OS. The Morgan fingerprint density at radius 3 is 2.25 bits per heavy atom. The minimum atomic E-state index is -4.34. The number of alkyl halides is 3. The fraction of sp³-hybridized carbons (Fsp3) is 0.486. The Balaban J connectivity index is 0.000000287. The number of benzene rings is 2. The van der Waals surface area contributed by atoms with E-state index in [1.807, 2.05) is 64.2 Å². The molecule has 0 aliphatic carbocycles. The molecule has 0 amide bonds. The second-order valence-corrected chi connectivity index (χ2v) is 16.2. The van der Waals surface area contributed by atoms with Crippen molar-refractivity contribution in [1.29, 1.82) is 0 Å². The molecule has 0 fully saturated rings. The van der Waals surface area contributed by atoms with Gasteiger partial charge in [0.1, 0.15) is 5.65 Å². The van der Waals surface area contributed by atoms with Crippen molar-refractivity contribution in [3.8, 4) is 5.69 Å². The number of guanidine groups is 1. The summed E-state index contributed by atoms with van der Waals surface area (Å²) < 4.78 is 39.8. The van der Waals surface area contributed by atoms with Gasteiger partial charge in [-0.2, -0.15) is 18.2 Å². The van der Waals surface area contributed by atoms with Gasteiger partial charge in [0.05, 0.1) is 10.7 Å². The zero-order valence-electron chi connectivity index (χ0n) is 30.5. The summed E-state index contributed by atoms with van der Waals surface area (Å²) in [6, 6.07) is 13.5. The Kier molecular flexibility index (Phi) is 14.6. The third-order valence-corrected chi connectivity index (χ3v) is 9.22. The lowest BCUT2D eigenvalue weighted by atomic mass is 9.85. The second-order valence-electron chi connectivity index (χ2n) is 14.8. The number of aromatic amines is 1. The molecule has 8 N–H and O–H groups in total. The van der Waals surface area contributed by atoms with Crippen LogP contribution in [0.3, 0.4) is 0 Å². The predicted molar refractivity (Wildman–Crippen MR) is 206 cm³/mol. The maximum atomic E-state index is 12.7. The number of nitrogens with one attached hydrogen (secondary N) is 2. The second kappa shape index (κ2) is 17.8. The molecule has 0 saturated heterocycles. The number of nitrogens with zero attached hydrogens (tertiary/aromatic N) is 3. The van der Waals surface area contributed by atoms with Crippen LogP contribution in [0.5, 0.6) is 0 Å². The van der Waals surface area contributed by atoms with Gasteiger partial charge in [-0.3, -0.25) is 9.56 Å². The zero-order valence-corrected chi connectivity index (χ0v) is 32.1. The molecule has 0 saturated carbocycles. The number of nitrogens with two attached hydrogens (primary N) is 3. The molecular weight excluding hydrogens is 697 g/mol. The summed E-state index contributed by atoms with van der Waals surface area (Å²) in [6.07, 6.45) is 5.10. The van der Waals surface area contributed by atoms with E-state index in [2.05, 4.69) is 47.1 Å². The summed E-state index contributed by atoms with van der Waals surface area (Å²) in [5.74, 6) is 0.123. The van der Waals surface area contributed by atoms with Gasteiger partial charge in [0.2, 0.25) is 0 Å². The summed E-state index contributed by atoms with van der Waals surface area (Å²) in [7, 11) is 0. The van der Waals surface area contributed by atoms with Gasteiger partial charge in [0.15, 0.2) is 5.96 Å². The number of halogens is 4. The average Bonchev–Trinajstić information content (AvgIpc) is 3.43. The number of fused-ring (bicyclic) bond motifs is 1. The maximum absolute atomic E-state index is 12.7. The summed E-state index contributed by atoms with van der Waals surface area (Å²) in [4.78, 5) is 24.0. The molecule has 0 aliphatic heterocycles. The minimum Gasteiger partial charge on any atom is -0.370 e. The lowest BCUT2D eigenvalue weighted by Crippen LogP contribution is -2.23. The molecule has 280 valence electrons. The first-order valence-corrected chi connectivity index (χ1v) is 18.2. The first-order chi connectivity index (χ1) is 23.6. The summed E-state index contributed by atoms with van der Waals surface area (Å²) in [5, 5.41) is 4.47. The molecule has 4 aromatic rings. The highest BCUT2D eigenvalue weighted by atomic mass is 35.5. The maximum Gasteiger partial charge on any atom is 0.446 e. The molecule has 2 aromatic carbocycles. The van der Waals surface area contributed by atoms with Crippen LogP contribution in [0.2, 0.25) is 5.02 Å². The number of aliphatic imine (C=N–C) groups is 1. The normalized spacial score (nSPS) is 12.8. The Hall–Kier alpha value is -3.52. The standard InChI is InChI=1S/C21H29N7O.C16H23ClF3NS/c1-21(2,3)17-11-15-13-28(20(29)27-18(15)26-17)16-7-5-14(6-8-16)12-24-9-4-10-25-19(22)23;1-10(21)6-5-7-11-8-12(15(2,3)4)14(17)13(9-11)22-16(18,19)20/h5-8,11,13,24H,4,9-10,12H2,1-3H3,(H4,22,23,25)(H,26,27,29);8-10H,5-7,21H2,1-4H3/t;10-/m.0/s1. The van der Waals surface area contributed by atoms with Crippen LogP contribution in [-0.4, -0.2) is 45.1 Å². The van der Waals surface area contributed by atoms with E-state index in [1.54, 1.807) is 10.6 Å². The van der Waals surface area contributed by atoms with Crippen molar-refractivity contribution in [2.75, 3.05) is 13.1 Å². The van der Waals surface area contributed by atoms with Gasteiger partial charge in [0, 0.05) is 46.7 Å². The van der Waals surface area contributed by atoms with Crippen LogP contribution < -0.4 is 28.2 Å². The van der Waals surface area contributed by atoms with E-state index in [9.17, 15) is 18.0 Å². The van der Waals surface area contributed by atoms with Crippen LogP contribution in [-0.2, 0) is 23.8 Å². The van der Waals surface area contributed by atoms with Crippen LogP contribution in [0.25, 0.3) is 16.7 Å². The van der Waals surface area contributed by atoms with Crippen LogP contribution in [0.4, 0.5) is 13.2 Å². The predicted octanol–water partition coefficient (Wildman–Crippen LogP) is 7.68. The van der Waals surface area contributed by atoms with Gasteiger partial charge in [-0.1, -0.05) is 71.3 Å². The summed E-state index contributed by atoms with van der Waals surface area (Å²) >= 11 is 6.07. The fourth-order valence-corrected chi connectivity index (χ4v) is 6.34. The van der Waals surface area contributed by atoms with E-state index in [4.69, 9.17) is 28.8 Å². The van der Waals surface area contributed by atoms with Gasteiger partial charge in [-0.15, -0.1) is 0 Å². The lowest BCUT2D eigenvalue weighted by Gasteiger charge is -2.24. The fourth-order valence-electron chi connectivity index (χ4n) is 5.17. The quantitative estimate of drug-likeness (QED) is 0.0431. The molecule has 51 heavy (non-hydrogen) atoms. The molecule has 0 bridgehead atoms. The van der Waals surface area contributed by atoms with E-state index >= 15 is 0 Å². The Morgan fingerprint density at radius 1 is 1.02 bits per heavy atom. The van der Waals surface area contributed by atoms with Crippen molar-refractivity contribution in [1.82, 2.24) is 19.9 Å². The summed E-state index contributed by atoms with van der Waals surface area (Å²) in [6.45, 7) is 16.3. The number of hydrogen-bond donors (Lipinski definition) is 5. The van der Waals surface area contributed by atoms with Crippen LogP contribution in [0.15, 0.2) is 63.3 Å².